The summed E-state index contributed by atoms with van der Waals surface area (Å²) >= 11 is 2.07. The molecule has 1 aromatic rings. The molecule has 2 rings (SSSR count). The van der Waals surface area contributed by atoms with Crippen LogP contribution in [0.25, 0.3) is 0 Å². The first-order valence-corrected chi connectivity index (χ1v) is 6.94. The Kier molecular flexibility index (Phi) is 4.75. The molecule has 0 bridgehead atoms. The summed E-state index contributed by atoms with van der Waals surface area (Å²) in [7, 11) is 0. The lowest BCUT2D eigenvalue weighted by Gasteiger charge is -2.21. The maximum atomic E-state index is 8.86. The quantitative estimate of drug-likeness (QED) is 0.829. The minimum atomic E-state index is -0.0154. The molecule has 1 aliphatic rings. The van der Waals surface area contributed by atoms with Crippen molar-refractivity contribution in [1.82, 2.24) is 5.32 Å². The molecule has 1 unspecified atom stereocenters. The molecule has 1 aliphatic heterocycles. The number of hydrogen-bond acceptors (Lipinski definition) is 4. The second kappa shape index (κ2) is 6.33. The van der Waals surface area contributed by atoms with Crippen LogP contribution in [0.15, 0.2) is 16.5 Å². The summed E-state index contributed by atoms with van der Waals surface area (Å²) in [6, 6.07) is 3.75. The van der Waals surface area contributed by atoms with Crippen LogP contribution >= 0.6 is 11.8 Å². The Morgan fingerprint density at radius 3 is 2.94 bits per heavy atom. The van der Waals surface area contributed by atoms with Crippen LogP contribution in [-0.2, 0) is 13.2 Å². The zero-order chi connectivity index (χ0) is 11.2. The molecule has 4 heteroatoms. The Morgan fingerprint density at radius 2 is 2.25 bits per heavy atom. The summed E-state index contributed by atoms with van der Waals surface area (Å²) < 4.78 is 5.40. The van der Waals surface area contributed by atoms with Gasteiger partial charge in [-0.2, -0.15) is 11.8 Å². The predicted octanol–water partition coefficient (Wildman–Crippen LogP) is 2.15. The van der Waals surface area contributed by atoms with E-state index in [4.69, 9.17) is 9.52 Å². The van der Waals surface area contributed by atoms with E-state index in [2.05, 4.69) is 17.1 Å². The number of aliphatic hydroxyl groups is 1. The van der Waals surface area contributed by atoms with Crippen LogP contribution in [0, 0.1) is 0 Å². The fourth-order valence-electron chi connectivity index (χ4n) is 1.93. The van der Waals surface area contributed by atoms with Gasteiger partial charge >= 0.3 is 0 Å². The number of thioether (sulfide) groups is 1. The van der Waals surface area contributed by atoms with E-state index in [1.807, 2.05) is 12.1 Å². The van der Waals surface area contributed by atoms with Gasteiger partial charge in [-0.05, 0) is 30.7 Å². The molecule has 0 saturated carbocycles. The van der Waals surface area contributed by atoms with Crippen LogP contribution in [0.5, 0.6) is 0 Å². The standard InChI is InChI=1S/C12H19NO2S/c14-9-11-5-4-10(15-11)7-13-8-12-3-1-2-6-16-12/h4-5,12-14H,1-3,6-9H2. The van der Waals surface area contributed by atoms with Gasteiger partial charge in [0.1, 0.15) is 18.1 Å². The van der Waals surface area contributed by atoms with E-state index in [0.717, 1.165) is 24.1 Å². The van der Waals surface area contributed by atoms with Gasteiger partial charge in [0.25, 0.3) is 0 Å². The molecule has 0 aliphatic carbocycles. The lowest BCUT2D eigenvalue weighted by atomic mass is 10.2. The molecule has 0 amide bonds. The minimum absolute atomic E-state index is 0.0154. The first-order valence-electron chi connectivity index (χ1n) is 5.89. The van der Waals surface area contributed by atoms with Crippen molar-refractivity contribution >= 4 is 11.8 Å². The minimum Gasteiger partial charge on any atom is -0.462 e. The van der Waals surface area contributed by atoms with E-state index in [1.54, 1.807) is 0 Å². The molecular formula is C12H19NO2S. The topological polar surface area (TPSA) is 45.4 Å². The van der Waals surface area contributed by atoms with Gasteiger partial charge < -0.3 is 14.8 Å². The van der Waals surface area contributed by atoms with Crippen molar-refractivity contribution < 1.29 is 9.52 Å². The van der Waals surface area contributed by atoms with Crippen LogP contribution in [-0.4, -0.2) is 22.7 Å². The summed E-state index contributed by atoms with van der Waals surface area (Å²) in [5, 5.41) is 13.0. The third kappa shape index (κ3) is 3.54. The normalized spacial score (nSPS) is 21.2. The van der Waals surface area contributed by atoms with E-state index in [1.165, 1.54) is 25.0 Å². The molecule has 0 spiro atoms. The van der Waals surface area contributed by atoms with Crippen molar-refractivity contribution in [2.45, 2.75) is 37.7 Å². The number of aliphatic hydroxyl groups excluding tert-OH is 1. The van der Waals surface area contributed by atoms with Crippen molar-refractivity contribution in [2.24, 2.45) is 0 Å². The Morgan fingerprint density at radius 1 is 1.38 bits per heavy atom. The van der Waals surface area contributed by atoms with Gasteiger partial charge in [0, 0.05) is 11.8 Å². The molecule has 90 valence electrons. The molecule has 1 saturated heterocycles. The fraction of sp³-hybridized carbons (Fsp3) is 0.667. The first kappa shape index (κ1) is 12.0. The van der Waals surface area contributed by atoms with Gasteiger partial charge in [-0.1, -0.05) is 6.42 Å². The highest BCUT2D eigenvalue weighted by Gasteiger charge is 2.13. The van der Waals surface area contributed by atoms with E-state index in [0.29, 0.717) is 5.76 Å². The summed E-state index contributed by atoms with van der Waals surface area (Å²) in [5.74, 6) is 2.86. The molecule has 1 fully saturated rings. The van der Waals surface area contributed by atoms with Crippen LogP contribution < -0.4 is 5.32 Å². The van der Waals surface area contributed by atoms with Crippen LogP contribution in [0.2, 0.25) is 0 Å². The molecule has 2 heterocycles. The highest BCUT2D eigenvalue weighted by Crippen LogP contribution is 2.24. The van der Waals surface area contributed by atoms with Gasteiger partial charge in [-0.25, -0.2) is 0 Å². The predicted molar refractivity (Wildman–Crippen MR) is 66.4 cm³/mol. The third-order valence-electron chi connectivity index (χ3n) is 2.82. The Hall–Kier alpha value is -0.450. The highest BCUT2D eigenvalue weighted by atomic mass is 32.2. The van der Waals surface area contributed by atoms with Crippen LogP contribution in [0.3, 0.4) is 0 Å². The molecular weight excluding hydrogens is 222 g/mol. The number of nitrogens with one attached hydrogen (secondary N) is 1. The van der Waals surface area contributed by atoms with E-state index < -0.39 is 0 Å². The summed E-state index contributed by atoms with van der Waals surface area (Å²) in [4.78, 5) is 0. The fourth-order valence-corrected chi connectivity index (χ4v) is 3.20. The lowest BCUT2D eigenvalue weighted by Crippen LogP contribution is -2.26. The largest absolute Gasteiger partial charge is 0.462 e. The summed E-state index contributed by atoms with van der Waals surface area (Å²) in [6.45, 7) is 1.80. The van der Waals surface area contributed by atoms with Crippen molar-refractivity contribution in [3.8, 4) is 0 Å². The molecule has 0 aromatic carbocycles. The molecule has 2 N–H and O–H groups in total. The maximum absolute atomic E-state index is 8.86. The molecule has 0 radical (unpaired) electrons. The van der Waals surface area contributed by atoms with Gasteiger partial charge in [-0.3, -0.25) is 0 Å². The van der Waals surface area contributed by atoms with Crippen LogP contribution in [0.1, 0.15) is 30.8 Å². The van der Waals surface area contributed by atoms with E-state index >= 15 is 0 Å². The Bertz CT molecular complexity index is 308. The summed E-state index contributed by atoms with van der Waals surface area (Å²) in [5.41, 5.74) is 0. The third-order valence-corrected chi connectivity index (χ3v) is 4.22. The highest BCUT2D eigenvalue weighted by molar-refractivity contribution is 7.99. The van der Waals surface area contributed by atoms with Crippen molar-refractivity contribution in [3.63, 3.8) is 0 Å². The zero-order valence-electron chi connectivity index (χ0n) is 9.45. The van der Waals surface area contributed by atoms with Crippen LogP contribution in [0.4, 0.5) is 0 Å². The number of furan rings is 1. The second-order valence-corrected chi connectivity index (χ2v) is 5.55. The van der Waals surface area contributed by atoms with Gasteiger partial charge in [-0.15, -0.1) is 0 Å². The van der Waals surface area contributed by atoms with Crippen molar-refractivity contribution in [3.05, 3.63) is 23.7 Å². The van der Waals surface area contributed by atoms with Crippen molar-refractivity contribution in [2.75, 3.05) is 12.3 Å². The Balaban J connectivity index is 1.66. The monoisotopic (exact) mass is 241 g/mol. The molecule has 1 aromatic heterocycles. The number of hydrogen-bond donors (Lipinski definition) is 2. The molecule has 1 atom stereocenters. The lowest BCUT2D eigenvalue weighted by molar-refractivity contribution is 0.243. The Labute approximate surface area is 101 Å². The zero-order valence-corrected chi connectivity index (χ0v) is 10.3. The smallest absolute Gasteiger partial charge is 0.129 e. The SMILES string of the molecule is OCc1ccc(CNCC2CCCCS2)o1. The van der Waals surface area contributed by atoms with E-state index in [-0.39, 0.29) is 6.61 Å². The maximum Gasteiger partial charge on any atom is 0.129 e. The molecule has 3 nitrogen and oxygen atoms in total. The number of rotatable bonds is 5. The first-order chi connectivity index (χ1) is 7.88. The second-order valence-electron chi connectivity index (χ2n) is 4.15. The van der Waals surface area contributed by atoms with E-state index in [9.17, 15) is 0 Å². The molecule has 16 heavy (non-hydrogen) atoms. The van der Waals surface area contributed by atoms with Gasteiger partial charge in [0.2, 0.25) is 0 Å². The van der Waals surface area contributed by atoms with Gasteiger partial charge in [0.05, 0.1) is 6.54 Å². The average molecular weight is 241 g/mol. The van der Waals surface area contributed by atoms with Crippen molar-refractivity contribution in [1.29, 1.82) is 0 Å². The average Bonchev–Trinajstić information content (AvgIpc) is 2.78. The summed E-state index contributed by atoms with van der Waals surface area (Å²) in [6.07, 6.45) is 4.08. The van der Waals surface area contributed by atoms with Gasteiger partial charge in [0.15, 0.2) is 0 Å².